The van der Waals surface area contributed by atoms with Gasteiger partial charge in [-0.25, -0.2) is 0 Å². The number of hydrogen-bond acceptors (Lipinski definition) is 4. The number of nitrogens with zero attached hydrogens (tertiary/aromatic N) is 4. The minimum Gasteiger partial charge on any atom is -0.326 e. The molecule has 0 radical (unpaired) electrons. The maximum Gasteiger partial charge on any atom is 0.279 e. The molecule has 0 aliphatic heterocycles. The smallest absolute Gasteiger partial charge is 0.279 e. The van der Waals surface area contributed by atoms with Crippen molar-refractivity contribution in [2.45, 2.75) is 20.3 Å². The first-order valence-electron chi connectivity index (χ1n) is 9.42. The van der Waals surface area contributed by atoms with Crippen molar-refractivity contribution < 1.29 is 4.79 Å². The molecule has 8 heteroatoms. The van der Waals surface area contributed by atoms with E-state index in [0.29, 0.717) is 33.6 Å². The van der Waals surface area contributed by atoms with E-state index >= 15 is 0 Å². The van der Waals surface area contributed by atoms with Gasteiger partial charge in [0.2, 0.25) is 11.7 Å². The predicted molar refractivity (Wildman–Crippen MR) is 117 cm³/mol. The van der Waals surface area contributed by atoms with Gasteiger partial charge in [-0.1, -0.05) is 48.0 Å². The summed E-state index contributed by atoms with van der Waals surface area (Å²) < 4.78 is 3.02. The van der Waals surface area contributed by atoms with Gasteiger partial charge in [0.15, 0.2) is 5.82 Å². The molecule has 0 fully saturated rings. The molecule has 152 valence electrons. The van der Waals surface area contributed by atoms with E-state index < -0.39 is 0 Å². The lowest BCUT2D eigenvalue weighted by Crippen LogP contribution is -2.28. The lowest BCUT2D eigenvalue weighted by atomic mass is 10.1. The summed E-state index contributed by atoms with van der Waals surface area (Å²) >= 11 is 6.12. The Morgan fingerprint density at radius 2 is 1.87 bits per heavy atom. The van der Waals surface area contributed by atoms with Gasteiger partial charge < -0.3 is 9.88 Å². The first-order chi connectivity index (χ1) is 14.3. The van der Waals surface area contributed by atoms with Crippen LogP contribution in [-0.4, -0.2) is 25.1 Å². The molecule has 0 bridgehead atoms. The molecule has 0 atom stereocenters. The first-order valence-corrected chi connectivity index (χ1v) is 9.79. The monoisotopic (exact) mass is 421 g/mol. The zero-order valence-corrected chi connectivity index (χ0v) is 17.6. The number of amides is 1. The summed E-state index contributed by atoms with van der Waals surface area (Å²) in [6.45, 7) is 3.68. The number of nitrogens with one attached hydrogen (secondary N) is 1. The summed E-state index contributed by atoms with van der Waals surface area (Å²) in [7, 11) is 1.80. The van der Waals surface area contributed by atoms with Crippen LogP contribution in [0.25, 0.3) is 17.2 Å². The Labute approximate surface area is 178 Å². The Kier molecular flexibility index (Phi) is 5.13. The molecule has 0 spiro atoms. The number of carbonyl (C=O) groups excluding carboxylic acids is 1. The molecule has 1 N–H and O–H groups in total. The van der Waals surface area contributed by atoms with Crippen LogP contribution in [0.3, 0.4) is 0 Å². The summed E-state index contributed by atoms with van der Waals surface area (Å²) in [6, 6.07) is 14.7. The molecule has 30 heavy (non-hydrogen) atoms. The van der Waals surface area contributed by atoms with Gasteiger partial charge in [-0.3, -0.25) is 9.59 Å². The van der Waals surface area contributed by atoms with Crippen molar-refractivity contribution in [3.05, 3.63) is 80.7 Å². The van der Waals surface area contributed by atoms with Crippen LogP contribution in [0, 0.1) is 13.8 Å². The number of hydrogen-bond donors (Lipinski definition) is 1. The minimum absolute atomic E-state index is 0.0829. The molecule has 0 saturated carbocycles. The Morgan fingerprint density at radius 3 is 2.57 bits per heavy atom. The molecular formula is C22H20ClN5O2. The SMILES string of the molecule is Cc1ccc(NC(=O)Cc2c(C)n(C)c3nc(-c4ccccc4)nn3c2=O)cc1Cl. The average molecular weight is 422 g/mol. The quantitative estimate of drug-likeness (QED) is 0.546. The first kappa shape index (κ1) is 19.8. The fourth-order valence-electron chi connectivity index (χ4n) is 3.24. The number of benzene rings is 2. The molecule has 4 rings (SSSR count). The van der Waals surface area contributed by atoms with Gasteiger partial charge in [0.1, 0.15) is 0 Å². The Bertz CT molecular complexity index is 1330. The van der Waals surface area contributed by atoms with Gasteiger partial charge >= 0.3 is 0 Å². The highest BCUT2D eigenvalue weighted by molar-refractivity contribution is 6.31. The zero-order chi connectivity index (χ0) is 21.4. The van der Waals surface area contributed by atoms with Crippen LogP contribution < -0.4 is 10.9 Å². The van der Waals surface area contributed by atoms with Gasteiger partial charge in [0.05, 0.1) is 6.42 Å². The van der Waals surface area contributed by atoms with Crippen LogP contribution in [0.15, 0.2) is 53.3 Å². The number of aryl methyl sites for hydroxylation is 2. The van der Waals surface area contributed by atoms with E-state index in [4.69, 9.17) is 11.6 Å². The largest absolute Gasteiger partial charge is 0.326 e. The van der Waals surface area contributed by atoms with Crippen LogP contribution in [0.1, 0.15) is 16.8 Å². The third kappa shape index (κ3) is 3.59. The third-order valence-electron chi connectivity index (χ3n) is 5.11. The van der Waals surface area contributed by atoms with Crippen molar-refractivity contribution in [2.75, 3.05) is 5.32 Å². The van der Waals surface area contributed by atoms with Crippen LogP contribution in [0.5, 0.6) is 0 Å². The second-order valence-electron chi connectivity index (χ2n) is 7.13. The molecule has 0 unspecified atom stereocenters. The highest BCUT2D eigenvalue weighted by Gasteiger charge is 2.19. The number of fused-ring (bicyclic) bond motifs is 1. The summed E-state index contributed by atoms with van der Waals surface area (Å²) in [4.78, 5) is 30.2. The molecule has 2 heterocycles. The molecule has 7 nitrogen and oxygen atoms in total. The Morgan fingerprint density at radius 1 is 1.13 bits per heavy atom. The number of rotatable bonds is 4. The predicted octanol–water partition coefficient (Wildman–Crippen LogP) is 3.55. The van der Waals surface area contributed by atoms with Crippen molar-refractivity contribution in [1.29, 1.82) is 0 Å². The Balaban J connectivity index is 1.69. The maximum absolute atomic E-state index is 13.1. The molecular weight excluding hydrogens is 402 g/mol. The van der Waals surface area contributed by atoms with Gasteiger partial charge in [0.25, 0.3) is 5.56 Å². The molecule has 2 aromatic carbocycles. The minimum atomic E-state index is -0.354. The van der Waals surface area contributed by atoms with Crippen molar-refractivity contribution in [1.82, 2.24) is 19.2 Å². The van der Waals surface area contributed by atoms with E-state index in [9.17, 15) is 9.59 Å². The topological polar surface area (TPSA) is 81.3 Å². The number of aromatic nitrogens is 4. The number of halogens is 1. The average Bonchev–Trinajstić information content (AvgIpc) is 3.19. The normalized spacial score (nSPS) is 11.1. The highest BCUT2D eigenvalue weighted by Crippen LogP contribution is 2.20. The van der Waals surface area contributed by atoms with Crippen LogP contribution >= 0.6 is 11.6 Å². The lowest BCUT2D eigenvalue weighted by Gasteiger charge is -2.12. The van der Waals surface area contributed by atoms with Crippen LogP contribution in [-0.2, 0) is 18.3 Å². The standard InChI is InChI=1S/C22H20ClN5O2/c1-13-9-10-16(11-18(13)23)24-19(29)12-17-14(2)27(3)22-25-20(26-28(22)21(17)30)15-7-5-4-6-8-15/h4-11H,12H2,1-3H3,(H,24,29). The third-order valence-corrected chi connectivity index (χ3v) is 5.51. The van der Waals surface area contributed by atoms with E-state index in [0.717, 1.165) is 11.1 Å². The maximum atomic E-state index is 13.1. The summed E-state index contributed by atoms with van der Waals surface area (Å²) in [5.74, 6) is 0.572. The molecule has 0 aliphatic rings. The summed E-state index contributed by atoms with van der Waals surface area (Å²) in [5, 5.41) is 7.74. The lowest BCUT2D eigenvalue weighted by molar-refractivity contribution is -0.115. The van der Waals surface area contributed by atoms with Crippen molar-refractivity contribution in [3.63, 3.8) is 0 Å². The van der Waals surface area contributed by atoms with Gasteiger partial charge in [0, 0.05) is 34.6 Å². The van der Waals surface area contributed by atoms with E-state index in [1.165, 1.54) is 4.52 Å². The zero-order valence-electron chi connectivity index (χ0n) is 16.8. The second-order valence-corrected chi connectivity index (χ2v) is 7.54. The molecule has 1 amide bonds. The molecule has 2 aromatic heterocycles. The summed E-state index contributed by atoms with van der Waals surface area (Å²) in [6.07, 6.45) is -0.0829. The second kappa shape index (κ2) is 7.76. The van der Waals surface area contributed by atoms with E-state index in [1.807, 2.05) is 43.3 Å². The van der Waals surface area contributed by atoms with Gasteiger partial charge in [-0.2, -0.15) is 9.50 Å². The molecule has 0 aliphatic carbocycles. The van der Waals surface area contributed by atoms with Gasteiger partial charge in [-0.05, 0) is 31.5 Å². The van der Waals surface area contributed by atoms with E-state index in [1.54, 1.807) is 30.7 Å². The van der Waals surface area contributed by atoms with Crippen molar-refractivity contribution >= 4 is 29.0 Å². The molecule has 4 aromatic rings. The van der Waals surface area contributed by atoms with Crippen molar-refractivity contribution in [2.24, 2.45) is 7.05 Å². The number of carbonyl (C=O) groups is 1. The molecule has 0 saturated heterocycles. The Hall–Kier alpha value is -3.45. The fraction of sp³-hybridized carbons (Fsp3) is 0.182. The fourth-order valence-corrected chi connectivity index (χ4v) is 3.42. The van der Waals surface area contributed by atoms with E-state index in [-0.39, 0.29) is 17.9 Å². The van der Waals surface area contributed by atoms with Gasteiger partial charge in [-0.15, -0.1) is 5.10 Å². The van der Waals surface area contributed by atoms with E-state index in [2.05, 4.69) is 15.4 Å². The highest BCUT2D eigenvalue weighted by atomic mass is 35.5. The van der Waals surface area contributed by atoms with Crippen LogP contribution in [0.4, 0.5) is 5.69 Å². The summed E-state index contributed by atoms with van der Waals surface area (Å²) in [5.41, 5.74) is 2.99. The number of anilines is 1. The van der Waals surface area contributed by atoms with Crippen LogP contribution in [0.2, 0.25) is 5.02 Å². The van der Waals surface area contributed by atoms with Crippen molar-refractivity contribution in [3.8, 4) is 11.4 Å².